The number of fused-ring (bicyclic) bond motifs is 1. The minimum Gasteiger partial charge on any atom is -0.485 e. The molecule has 12 heavy (non-hydrogen) atoms. The van der Waals surface area contributed by atoms with Crippen LogP contribution in [0.25, 0.3) is 0 Å². The van der Waals surface area contributed by atoms with E-state index >= 15 is 0 Å². The lowest BCUT2D eigenvalue weighted by molar-refractivity contribution is -0.138. The van der Waals surface area contributed by atoms with Crippen molar-refractivity contribution >= 4 is 5.78 Å². The Labute approximate surface area is 71.6 Å². The van der Waals surface area contributed by atoms with Gasteiger partial charge in [0.1, 0.15) is 6.10 Å². The predicted molar refractivity (Wildman–Crippen MR) is 43.3 cm³/mol. The van der Waals surface area contributed by atoms with Crippen molar-refractivity contribution in [2.75, 3.05) is 0 Å². The molecule has 0 aromatic heterocycles. The average Bonchev–Trinajstić information content (AvgIpc) is 2.36. The van der Waals surface area contributed by atoms with Gasteiger partial charge in [0.2, 0.25) is 5.78 Å². The van der Waals surface area contributed by atoms with E-state index in [4.69, 9.17) is 4.74 Å². The van der Waals surface area contributed by atoms with Crippen molar-refractivity contribution in [3.05, 3.63) is 11.3 Å². The van der Waals surface area contributed by atoms with Gasteiger partial charge in [0.05, 0.1) is 5.92 Å². The smallest absolute Gasteiger partial charge is 0.204 e. The van der Waals surface area contributed by atoms with Crippen LogP contribution in [0.2, 0.25) is 0 Å². The maximum Gasteiger partial charge on any atom is 0.204 e. The van der Waals surface area contributed by atoms with E-state index < -0.39 is 0 Å². The Morgan fingerprint density at radius 2 is 2.00 bits per heavy atom. The van der Waals surface area contributed by atoms with Crippen molar-refractivity contribution in [3.8, 4) is 0 Å². The minimum absolute atomic E-state index is 0.159. The Balaban J connectivity index is 2.22. The van der Waals surface area contributed by atoms with Crippen molar-refractivity contribution in [1.82, 2.24) is 0 Å². The van der Waals surface area contributed by atoms with Gasteiger partial charge in [-0.05, 0) is 17.9 Å². The van der Waals surface area contributed by atoms with Crippen LogP contribution in [0, 0.1) is 17.3 Å². The first-order valence-corrected chi connectivity index (χ1v) is 4.47. The first-order chi connectivity index (χ1) is 5.55. The second-order valence-electron chi connectivity index (χ2n) is 4.74. The highest BCUT2D eigenvalue weighted by Crippen LogP contribution is 2.65. The molecule has 0 radical (unpaired) electrons. The van der Waals surface area contributed by atoms with Gasteiger partial charge in [0, 0.05) is 5.92 Å². The number of allylic oxidation sites excluding steroid dienone is 1. The van der Waals surface area contributed by atoms with Gasteiger partial charge in [-0.15, -0.1) is 0 Å². The van der Waals surface area contributed by atoms with Crippen LogP contribution < -0.4 is 0 Å². The molecule has 1 aliphatic carbocycles. The van der Waals surface area contributed by atoms with E-state index in [1.807, 2.05) is 6.92 Å². The summed E-state index contributed by atoms with van der Waals surface area (Å²) in [4.78, 5) is 11.6. The third kappa shape index (κ3) is 0.404. The molecule has 0 spiro atoms. The lowest BCUT2D eigenvalue weighted by atomic mass is 9.48. The van der Waals surface area contributed by atoms with Crippen molar-refractivity contribution in [1.29, 1.82) is 0 Å². The molecule has 3 atom stereocenters. The molecule has 2 heteroatoms. The average molecular weight is 164 g/mol. The second kappa shape index (κ2) is 1.48. The van der Waals surface area contributed by atoms with Crippen LogP contribution in [-0.4, -0.2) is 11.9 Å². The molecule has 2 nitrogen and oxygen atoms in total. The number of hydrogen-bond acceptors (Lipinski definition) is 2. The lowest BCUT2D eigenvalue weighted by Gasteiger charge is -2.52. The predicted octanol–water partition coefficient (Wildman–Crippen LogP) is 1.51. The molecule has 1 unspecified atom stereocenters. The fraction of sp³-hybridized carbons (Fsp3) is 0.700. The van der Waals surface area contributed by atoms with Gasteiger partial charge in [-0.2, -0.15) is 0 Å². The lowest BCUT2D eigenvalue weighted by Crippen LogP contribution is -2.58. The molecule has 2 bridgehead atoms. The highest BCUT2D eigenvalue weighted by molar-refractivity contribution is 6.02. The van der Waals surface area contributed by atoms with Crippen molar-refractivity contribution in [2.24, 2.45) is 17.3 Å². The van der Waals surface area contributed by atoms with Gasteiger partial charge >= 0.3 is 0 Å². The molecule has 0 N–H and O–H groups in total. The molecule has 3 aliphatic rings. The number of carbonyl (C=O) groups is 1. The van der Waals surface area contributed by atoms with E-state index in [1.165, 1.54) is 5.57 Å². The van der Waals surface area contributed by atoms with Crippen LogP contribution >= 0.6 is 0 Å². The Morgan fingerprint density at radius 3 is 2.42 bits per heavy atom. The fourth-order valence-corrected chi connectivity index (χ4v) is 3.31. The van der Waals surface area contributed by atoms with Gasteiger partial charge in [-0.3, -0.25) is 4.79 Å². The zero-order valence-electron chi connectivity index (χ0n) is 7.55. The van der Waals surface area contributed by atoms with Crippen LogP contribution in [0.3, 0.4) is 0 Å². The fourth-order valence-electron chi connectivity index (χ4n) is 3.31. The minimum atomic E-state index is 0.159. The van der Waals surface area contributed by atoms with Crippen LogP contribution in [0.1, 0.15) is 20.8 Å². The molecule has 2 fully saturated rings. The van der Waals surface area contributed by atoms with Crippen LogP contribution in [-0.2, 0) is 9.53 Å². The summed E-state index contributed by atoms with van der Waals surface area (Å²) in [5.74, 6) is 1.63. The summed E-state index contributed by atoms with van der Waals surface area (Å²) in [5.41, 5.74) is 1.35. The monoisotopic (exact) mass is 164 g/mol. The van der Waals surface area contributed by atoms with E-state index in [2.05, 4.69) is 13.8 Å². The quantitative estimate of drug-likeness (QED) is 0.542. The summed E-state index contributed by atoms with van der Waals surface area (Å²) in [6.45, 7) is 6.38. The molecule has 64 valence electrons. The van der Waals surface area contributed by atoms with Crippen LogP contribution in [0.4, 0.5) is 0 Å². The number of ether oxygens (including phenoxy) is 1. The number of hydrogen-bond donors (Lipinski definition) is 0. The first-order valence-electron chi connectivity index (χ1n) is 4.47. The highest BCUT2D eigenvalue weighted by atomic mass is 16.5. The van der Waals surface area contributed by atoms with Crippen molar-refractivity contribution < 1.29 is 9.53 Å². The maximum atomic E-state index is 11.6. The summed E-state index contributed by atoms with van der Waals surface area (Å²) in [6, 6.07) is 0. The molecule has 0 aromatic carbocycles. The zero-order valence-corrected chi connectivity index (χ0v) is 7.55. The van der Waals surface area contributed by atoms with Gasteiger partial charge < -0.3 is 4.74 Å². The zero-order chi connectivity index (χ0) is 8.67. The molecule has 0 amide bonds. The van der Waals surface area contributed by atoms with E-state index in [1.54, 1.807) is 0 Å². The number of ketones is 1. The summed E-state index contributed by atoms with van der Waals surface area (Å²) in [5, 5.41) is 0. The van der Waals surface area contributed by atoms with Crippen molar-refractivity contribution in [2.45, 2.75) is 26.9 Å². The number of carbonyl (C=O) groups excluding carboxylic acids is 1. The standard InChI is InChI=1S/C10H12O2/c1-4-5-9-6(10(5,2)3)7(11)8(4)12-9/h5-6,9H,1-3H3/t5-,6+,9?/m1/s1. The van der Waals surface area contributed by atoms with Crippen LogP contribution in [0.5, 0.6) is 0 Å². The van der Waals surface area contributed by atoms with E-state index in [0.717, 1.165) is 0 Å². The molecule has 3 rings (SSSR count). The summed E-state index contributed by atoms with van der Waals surface area (Å²) in [6.07, 6.45) is 0.211. The Bertz CT molecular complexity index is 325. The number of rotatable bonds is 0. The highest BCUT2D eigenvalue weighted by Gasteiger charge is 2.70. The third-order valence-corrected chi connectivity index (χ3v) is 3.85. The molecule has 2 heterocycles. The molecule has 1 saturated heterocycles. The van der Waals surface area contributed by atoms with E-state index in [0.29, 0.717) is 11.7 Å². The first kappa shape index (κ1) is 6.70. The SMILES string of the molecule is CC1=C2OC3[C@@H]1C(C)(C)[C@H]3C2=O. The van der Waals surface area contributed by atoms with Gasteiger partial charge in [0.25, 0.3) is 0 Å². The molecule has 2 aliphatic heterocycles. The Morgan fingerprint density at radius 1 is 1.33 bits per heavy atom. The molecular formula is C10H12O2. The van der Waals surface area contributed by atoms with Gasteiger partial charge in [-0.1, -0.05) is 13.8 Å². The summed E-state index contributed by atoms with van der Waals surface area (Å²) in [7, 11) is 0. The molecular weight excluding hydrogens is 152 g/mol. The van der Waals surface area contributed by atoms with Crippen LogP contribution in [0.15, 0.2) is 11.3 Å². The van der Waals surface area contributed by atoms with Gasteiger partial charge in [-0.25, -0.2) is 0 Å². The topological polar surface area (TPSA) is 26.3 Å². The second-order valence-corrected chi connectivity index (χ2v) is 4.74. The molecule has 1 saturated carbocycles. The Kier molecular flexibility index (Phi) is 0.825. The van der Waals surface area contributed by atoms with E-state index in [-0.39, 0.29) is 23.2 Å². The van der Waals surface area contributed by atoms with Crippen molar-refractivity contribution in [3.63, 3.8) is 0 Å². The Hall–Kier alpha value is -0.790. The third-order valence-electron chi connectivity index (χ3n) is 3.85. The normalized spacial score (nSPS) is 46.2. The summed E-state index contributed by atoms with van der Waals surface area (Å²) < 4.78 is 5.52. The van der Waals surface area contributed by atoms with E-state index in [9.17, 15) is 4.79 Å². The molecule has 0 aromatic rings. The maximum absolute atomic E-state index is 11.6. The van der Waals surface area contributed by atoms with Gasteiger partial charge in [0.15, 0.2) is 5.76 Å². The summed E-state index contributed by atoms with van der Waals surface area (Å²) >= 11 is 0. The number of Topliss-reactive ketones (excluding diaryl/α,β-unsaturated/α-hetero) is 1. The largest absolute Gasteiger partial charge is 0.485 e.